The number of hydrogen-bond acceptors (Lipinski definition) is 6. The van der Waals surface area contributed by atoms with Crippen LogP contribution in [0.5, 0.6) is 5.75 Å². The summed E-state index contributed by atoms with van der Waals surface area (Å²) in [7, 11) is 3.08. The third kappa shape index (κ3) is 5.32. The van der Waals surface area contributed by atoms with E-state index in [0.717, 1.165) is 5.56 Å². The van der Waals surface area contributed by atoms with E-state index < -0.39 is 5.82 Å². The summed E-state index contributed by atoms with van der Waals surface area (Å²) in [6.45, 7) is 0.295. The molecule has 6 nitrogen and oxygen atoms in total. The van der Waals surface area contributed by atoms with E-state index in [1.807, 2.05) is 30.3 Å². The Hall–Kier alpha value is -2.87. The number of halogens is 1. The van der Waals surface area contributed by atoms with Crippen molar-refractivity contribution < 1.29 is 18.3 Å². The molecule has 8 heteroatoms. The van der Waals surface area contributed by atoms with E-state index in [4.69, 9.17) is 9.15 Å². The van der Waals surface area contributed by atoms with Gasteiger partial charge in [-0.15, -0.1) is 10.2 Å². The number of hydrogen-bond donors (Lipinski definition) is 0. The number of thioether (sulfide) groups is 1. The van der Waals surface area contributed by atoms with Crippen molar-refractivity contribution >= 4 is 17.7 Å². The molecule has 146 valence electrons. The molecular formula is C20H20FN3O3S. The maximum Gasteiger partial charge on any atom is 0.277 e. The Morgan fingerprint density at radius 1 is 1.18 bits per heavy atom. The minimum atomic E-state index is -0.452. The van der Waals surface area contributed by atoms with Crippen LogP contribution in [-0.2, 0) is 17.8 Å². The van der Waals surface area contributed by atoms with E-state index in [-0.39, 0.29) is 17.4 Å². The maximum absolute atomic E-state index is 13.8. The highest BCUT2D eigenvalue weighted by Crippen LogP contribution is 2.20. The molecule has 0 saturated heterocycles. The summed E-state index contributed by atoms with van der Waals surface area (Å²) in [4.78, 5) is 13.8. The lowest BCUT2D eigenvalue weighted by Gasteiger charge is -2.17. The molecule has 0 saturated carbocycles. The van der Waals surface area contributed by atoms with Gasteiger partial charge in [0.05, 0.1) is 19.3 Å². The number of benzene rings is 2. The van der Waals surface area contributed by atoms with Gasteiger partial charge in [-0.2, -0.15) is 0 Å². The first kappa shape index (κ1) is 19.9. The van der Waals surface area contributed by atoms with E-state index in [1.165, 1.54) is 29.8 Å². The fourth-order valence-corrected chi connectivity index (χ4v) is 3.26. The first-order chi connectivity index (χ1) is 13.5. The molecule has 1 heterocycles. The van der Waals surface area contributed by atoms with Crippen molar-refractivity contribution in [3.63, 3.8) is 0 Å². The van der Waals surface area contributed by atoms with Crippen LogP contribution in [-0.4, -0.2) is 40.9 Å². The third-order valence-electron chi connectivity index (χ3n) is 4.03. The molecule has 0 aliphatic heterocycles. The number of nitrogens with zero attached hydrogens (tertiary/aromatic N) is 3. The van der Waals surface area contributed by atoms with Crippen molar-refractivity contribution in [2.75, 3.05) is 19.9 Å². The smallest absolute Gasteiger partial charge is 0.277 e. The van der Waals surface area contributed by atoms with E-state index in [9.17, 15) is 9.18 Å². The van der Waals surface area contributed by atoms with Gasteiger partial charge < -0.3 is 14.1 Å². The minimum Gasteiger partial charge on any atom is -0.494 e. The molecule has 0 N–H and O–H groups in total. The Bertz CT molecular complexity index is 933. The summed E-state index contributed by atoms with van der Waals surface area (Å²) in [6, 6.07) is 14.5. The topological polar surface area (TPSA) is 68.5 Å². The molecule has 0 radical (unpaired) electrons. The molecule has 0 atom stereocenters. The minimum absolute atomic E-state index is 0.121. The molecule has 3 rings (SSSR count). The van der Waals surface area contributed by atoms with Crippen LogP contribution in [0.2, 0.25) is 0 Å². The molecule has 0 aliphatic carbocycles. The SMILES string of the molecule is COc1ccc(CN(C)C(=O)CSc2nnc(Cc3ccccc3)o2)cc1F. The zero-order valence-electron chi connectivity index (χ0n) is 15.6. The summed E-state index contributed by atoms with van der Waals surface area (Å²) in [5.41, 5.74) is 1.76. The van der Waals surface area contributed by atoms with Crippen molar-refractivity contribution in [2.24, 2.45) is 0 Å². The van der Waals surface area contributed by atoms with Crippen LogP contribution >= 0.6 is 11.8 Å². The Morgan fingerprint density at radius 3 is 2.68 bits per heavy atom. The lowest BCUT2D eigenvalue weighted by atomic mass is 10.2. The van der Waals surface area contributed by atoms with Gasteiger partial charge in [0.2, 0.25) is 11.8 Å². The van der Waals surface area contributed by atoms with Gasteiger partial charge in [0.15, 0.2) is 11.6 Å². The highest BCUT2D eigenvalue weighted by molar-refractivity contribution is 7.99. The summed E-state index contributed by atoms with van der Waals surface area (Å²) in [5, 5.41) is 8.33. The number of aromatic nitrogens is 2. The van der Waals surface area contributed by atoms with E-state index in [1.54, 1.807) is 19.2 Å². The number of carbonyl (C=O) groups excluding carboxylic acids is 1. The second-order valence-electron chi connectivity index (χ2n) is 6.13. The van der Waals surface area contributed by atoms with Gasteiger partial charge in [-0.05, 0) is 23.3 Å². The Morgan fingerprint density at radius 2 is 1.96 bits per heavy atom. The van der Waals surface area contributed by atoms with Crippen molar-refractivity contribution in [2.45, 2.75) is 18.2 Å². The molecule has 0 aliphatic rings. The zero-order valence-corrected chi connectivity index (χ0v) is 16.4. The fourth-order valence-electron chi connectivity index (χ4n) is 2.54. The number of ether oxygens (including phenoxy) is 1. The molecule has 1 amide bonds. The van der Waals surface area contributed by atoms with Crippen LogP contribution < -0.4 is 4.74 Å². The van der Waals surface area contributed by atoms with Crippen molar-refractivity contribution in [3.8, 4) is 5.75 Å². The van der Waals surface area contributed by atoms with Gasteiger partial charge in [0, 0.05) is 13.6 Å². The van der Waals surface area contributed by atoms with Crippen molar-refractivity contribution in [3.05, 3.63) is 71.4 Å². The second-order valence-corrected chi connectivity index (χ2v) is 7.06. The number of amides is 1. The van der Waals surface area contributed by atoms with Gasteiger partial charge >= 0.3 is 0 Å². The first-order valence-electron chi connectivity index (χ1n) is 8.60. The summed E-state index contributed by atoms with van der Waals surface area (Å²) >= 11 is 1.18. The molecule has 1 aromatic heterocycles. The second kappa shape index (κ2) is 9.36. The van der Waals surface area contributed by atoms with Crippen LogP contribution in [0, 0.1) is 5.82 Å². The third-order valence-corrected chi connectivity index (χ3v) is 4.83. The summed E-state index contributed by atoms with van der Waals surface area (Å²) in [5.74, 6) is 0.262. The Balaban J connectivity index is 1.50. The van der Waals surface area contributed by atoms with Crippen LogP contribution in [0.4, 0.5) is 4.39 Å². The lowest BCUT2D eigenvalue weighted by molar-refractivity contribution is -0.127. The average molecular weight is 401 g/mol. The molecule has 2 aromatic carbocycles. The molecular weight excluding hydrogens is 381 g/mol. The van der Waals surface area contributed by atoms with Crippen molar-refractivity contribution in [1.29, 1.82) is 0 Å². The average Bonchev–Trinajstić information content (AvgIpc) is 3.14. The van der Waals surface area contributed by atoms with Crippen LogP contribution in [0.1, 0.15) is 17.0 Å². The van der Waals surface area contributed by atoms with Gasteiger partial charge in [0.1, 0.15) is 0 Å². The summed E-state index contributed by atoms with van der Waals surface area (Å²) in [6.07, 6.45) is 0.547. The standard InChI is InChI=1S/C20H20FN3O3S/c1-24(12-15-8-9-17(26-2)16(21)10-15)19(25)13-28-20-23-22-18(27-20)11-14-6-4-3-5-7-14/h3-10H,11-13H2,1-2H3. The summed E-state index contributed by atoms with van der Waals surface area (Å²) < 4.78 is 24.3. The van der Waals surface area contributed by atoms with Gasteiger partial charge in [-0.25, -0.2) is 4.39 Å². The highest BCUT2D eigenvalue weighted by atomic mass is 32.2. The van der Waals surface area contributed by atoms with Gasteiger partial charge in [-0.3, -0.25) is 4.79 Å². The normalized spacial score (nSPS) is 10.7. The largest absolute Gasteiger partial charge is 0.494 e. The van der Waals surface area contributed by atoms with E-state index >= 15 is 0 Å². The predicted molar refractivity (Wildman–Crippen MR) is 104 cm³/mol. The lowest BCUT2D eigenvalue weighted by Crippen LogP contribution is -2.27. The predicted octanol–water partition coefficient (Wildman–Crippen LogP) is 3.56. The van der Waals surface area contributed by atoms with Crippen molar-refractivity contribution in [1.82, 2.24) is 15.1 Å². The molecule has 3 aromatic rings. The van der Waals surface area contributed by atoms with Crippen LogP contribution in [0.25, 0.3) is 0 Å². The monoisotopic (exact) mass is 401 g/mol. The van der Waals surface area contributed by atoms with Gasteiger partial charge in [0.25, 0.3) is 5.22 Å². The zero-order chi connectivity index (χ0) is 19.9. The van der Waals surface area contributed by atoms with Crippen LogP contribution in [0.15, 0.2) is 58.2 Å². The molecule has 0 unspecified atom stereocenters. The number of methoxy groups -OCH3 is 1. The maximum atomic E-state index is 13.8. The van der Waals surface area contributed by atoms with E-state index in [0.29, 0.717) is 29.6 Å². The quantitative estimate of drug-likeness (QED) is 0.538. The Labute approximate surface area is 166 Å². The van der Waals surface area contributed by atoms with E-state index in [2.05, 4.69) is 10.2 Å². The number of rotatable bonds is 8. The molecule has 0 spiro atoms. The van der Waals surface area contributed by atoms with Gasteiger partial charge in [-0.1, -0.05) is 48.2 Å². The fraction of sp³-hybridized carbons (Fsp3) is 0.250. The molecule has 0 fully saturated rings. The molecule has 28 heavy (non-hydrogen) atoms. The highest BCUT2D eigenvalue weighted by Gasteiger charge is 2.14. The Kier molecular flexibility index (Phi) is 6.65. The first-order valence-corrected chi connectivity index (χ1v) is 9.59. The number of carbonyl (C=O) groups is 1. The van der Waals surface area contributed by atoms with Crippen LogP contribution in [0.3, 0.4) is 0 Å². The molecule has 0 bridgehead atoms.